The van der Waals surface area contributed by atoms with Gasteiger partial charge in [-0.15, -0.1) is 22.7 Å². The second-order valence-corrected chi connectivity index (χ2v) is 8.10. The molecule has 0 radical (unpaired) electrons. The van der Waals surface area contributed by atoms with E-state index in [1.54, 1.807) is 23.5 Å². The van der Waals surface area contributed by atoms with Gasteiger partial charge in [0.25, 0.3) is 5.91 Å². The molecular weight excluding hydrogens is 390 g/mol. The van der Waals surface area contributed by atoms with Crippen LogP contribution in [0.3, 0.4) is 0 Å². The van der Waals surface area contributed by atoms with Gasteiger partial charge in [0.05, 0.1) is 16.8 Å². The summed E-state index contributed by atoms with van der Waals surface area (Å²) in [7, 11) is 0. The fourth-order valence-electron chi connectivity index (χ4n) is 2.64. The van der Waals surface area contributed by atoms with Gasteiger partial charge in [-0.2, -0.15) is 0 Å². The van der Waals surface area contributed by atoms with Crippen molar-refractivity contribution in [2.45, 2.75) is 19.8 Å². The van der Waals surface area contributed by atoms with E-state index < -0.39 is 0 Å². The Hall–Kier alpha value is -2.77. The molecule has 4 rings (SSSR count). The molecule has 4 aromatic rings. The Morgan fingerprint density at radius 1 is 1.14 bits per heavy atom. The first kappa shape index (κ1) is 18.6. The molecule has 0 saturated carbocycles. The van der Waals surface area contributed by atoms with Crippen molar-refractivity contribution in [3.8, 4) is 16.5 Å². The maximum Gasteiger partial charge on any atom is 0.257 e. The lowest BCUT2D eigenvalue weighted by atomic mass is 10.2. The highest BCUT2D eigenvalue weighted by Gasteiger charge is 2.13. The first-order chi connectivity index (χ1) is 13.7. The van der Waals surface area contributed by atoms with Crippen LogP contribution in [0.5, 0.6) is 5.75 Å². The monoisotopic (exact) mass is 409 g/mol. The molecule has 0 bridgehead atoms. The lowest BCUT2D eigenvalue weighted by Crippen LogP contribution is -2.11. The average Bonchev–Trinajstić information content (AvgIpc) is 3.35. The summed E-state index contributed by atoms with van der Waals surface area (Å²) in [4.78, 5) is 21.7. The molecule has 0 spiro atoms. The summed E-state index contributed by atoms with van der Waals surface area (Å²) >= 11 is 2.98. The highest BCUT2D eigenvalue weighted by atomic mass is 32.1. The topological polar surface area (TPSA) is 64.1 Å². The van der Waals surface area contributed by atoms with Gasteiger partial charge in [-0.1, -0.05) is 31.5 Å². The predicted octanol–water partition coefficient (Wildman–Crippen LogP) is 5.85. The van der Waals surface area contributed by atoms with Gasteiger partial charge in [0.2, 0.25) is 0 Å². The third-order valence-corrected chi connectivity index (χ3v) is 5.92. The van der Waals surface area contributed by atoms with E-state index in [-0.39, 0.29) is 5.91 Å². The molecule has 5 nitrogen and oxygen atoms in total. The van der Waals surface area contributed by atoms with Crippen molar-refractivity contribution in [2.75, 3.05) is 11.9 Å². The van der Waals surface area contributed by atoms with Crippen molar-refractivity contribution >= 4 is 43.9 Å². The van der Waals surface area contributed by atoms with E-state index in [0.717, 1.165) is 33.8 Å². The number of hydrogen-bond acceptors (Lipinski definition) is 6. The minimum absolute atomic E-state index is 0.203. The smallest absolute Gasteiger partial charge is 0.257 e. The van der Waals surface area contributed by atoms with E-state index in [1.807, 2.05) is 41.8 Å². The van der Waals surface area contributed by atoms with Crippen LogP contribution < -0.4 is 10.1 Å². The Morgan fingerprint density at radius 2 is 2.04 bits per heavy atom. The summed E-state index contributed by atoms with van der Waals surface area (Å²) in [5.74, 6) is 0.501. The number of nitrogens with one attached hydrogen (secondary N) is 1. The number of para-hydroxylation sites is 1. The Bertz CT molecular complexity index is 1070. The highest BCUT2D eigenvalue weighted by molar-refractivity contribution is 7.22. The van der Waals surface area contributed by atoms with E-state index in [2.05, 4.69) is 22.2 Å². The molecule has 1 N–H and O–H groups in total. The quantitative estimate of drug-likeness (QED) is 0.389. The number of anilines is 1. The van der Waals surface area contributed by atoms with Crippen LogP contribution >= 0.6 is 22.7 Å². The number of ether oxygens (including phenoxy) is 1. The zero-order chi connectivity index (χ0) is 19.3. The molecule has 0 aliphatic carbocycles. The SMILES string of the molecule is CCCCOc1cccc(C(=O)Nc2nc(-c3nc4ccccc4s3)cs2)c1. The molecule has 0 aliphatic rings. The lowest BCUT2D eigenvalue weighted by molar-refractivity contribution is 0.102. The molecule has 0 unspecified atom stereocenters. The molecule has 142 valence electrons. The molecule has 0 fully saturated rings. The largest absolute Gasteiger partial charge is 0.494 e. The van der Waals surface area contributed by atoms with Gasteiger partial charge >= 0.3 is 0 Å². The van der Waals surface area contributed by atoms with Gasteiger partial charge in [0, 0.05) is 10.9 Å². The van der Waals surface area contributed by atoms with Crippen LogP contribution in [0.2, 0.25) is 0 Å². The average molecular weight is 410 g/mol. The number of unbranched alkanes of at least 4 members (excludes halogenated alkanes) is 1. The number of rotatable bonds is 7. The van der Waals surface area contributed by atoms with Crippen molar-refractivity contribution in [1.29, 1.82) is 0 Å². The van der Waals surface area contributed by atoms with Crippen molar-refractivity contribution in [3.63, 3.8) is 0 Å². The van der Waals surface area contributed by atoms with Gasteiger partial charge < -0.3 is 4.74 Å². The predicted molar refractivity (Wildman–Crippen MR) is 116 cm³/mol. The number of amides is 1. The van der Waals surface area contributed by atoms with Crippen LogP contribution in [0.1, 0.15) is 30.1 Å². The minimum atomic E-state index is -0.203. The third-order valence-electron chi connectivity index (χ3n) is 4.10. The standard InChI is InChI=1S/C21H19N3O2S2/c1-2-3-11-26-15-8-6-7-14(12-15)19(25)24-21-23-17(13-27-21)20-22-16-9-4-5-10-18(16)28-20/h4-10,12-13H,2-3,11H2,1H3,(H,23,24,25). The van der Waals surface area contributed by atoms with Gasteiger partial charge in [-0.25, -0.2) is 9.97 Å². The van der Waals surface area contributed by atoms with Gasteiger partial charge in [0.1, 0.15) is 16.5 Å². The summed E-state index contributed by atoms with van der Waals surface area (Å²) in [6.07, 6.45) is 2.06. The summed E-state index contributed by atoms with van der Waals surface area (Å²) in [5, 5.41) is 6.18. The Labute approximate surface area is 171 Å². The molecule has 0 atom stereocenters. The van der Waals surface area contributed by atoms with Crippen LogP contribution in [0.4, 0.5) is 5.13 Å². The van der Waals surface area contributed by atoms with Crippen LogP contribution in [-0.2, 0) is 0 Å². The summed E-state index contributed by atoms with van der Waals surface area (Å²) in [6.45, 7) is 2.77. The van der Waals surface area contributed by atoms with Crippen molar-refractivity contribution in [2.24, 2.45) is 0 Å². The lowest BCUT2D eigenvalue weighted by Gasteiger charge is -2.07. The molecule has 1 amide bonds. The van der Waals surface area contributed by atoms with Crippen LogP contribution in [0.15, 0.2) is 53.9 Å². The number of hydrogen-bond donors (Lipinski definition) is 1. The van der Waals surface area contributed by atoms with Crippen molar-refractivity contribution < 1.29 is 9.53 Å². The zero-order valence-electron chi connectivity index (χ0n) is 15.3. The Balaban J connectivity index is 1.46. The summed E-state index contributed by atoms with van der Waals surface area (Å²) in [5.41, 5.74) is 2.28. The summed E-state index contributed by atoms with van der Waals surface area (Å²) < 4.78 is 6.80. The molecule has 0 saturated heterocycles. The number of carbonyl (C=O) groups is 1. The fraction of sp³-hybridized carbons (Fsp3) is 0.190. The van der Waals surface area contributed by atoms with Gasteiger partial charge in [-0.05, 0) is 36.8 Å². The number of fused-ring (bicyclic) bond motifs is 1. The summed E-state index contributed by atoms with van der Waals surface area (Å²) in [6, 6.07) is 15.2. The van der Waals surface area contributed by atoms with Crippen LogP contribution in [0.25, 0.3) is 20.9 Å². The number of carbonyl (C=O) groups excluding carboxylic acids is 1. The molecule has 0 aliphatic heterocycles. The van der Waals surface area contributed by atoms with Gasteiger partial charge in [0.15, 0.2) is 5.13 Å². The van der Waals surface area contributed by atoms with Crippen molar-refractivity contribution in [3.05, 3.63) is 59.5 Å². The minimum Gasteiger partial charge on any atom is -0.494 e. The maximum absolute atomic E-state index is 12.6. The van der Waals surface area contributed by atoms with Crippen LogP contribution in [0, 0.1) is 0 Å². The van der Waals surface area contributed by atoms with Gasteiger partial charge in [-0.3, -0.25) is 10.1 Å². The molecule has 2 heterocycles. The molecule has 7 heteroatoms. The van der Waals surface area contributed by atoms with E-state index in [4.69, 9.17) is 4.74 Å². The molecule has 2 aromatic carbocycles. The van der Waals surface area contributed by atoms with Crippen LogP contribution in [-0.4, -0.2) is 22.5 Å². The first-order valence-electron chi connectivity index (χ1n) is 9.08. The second-order valence-electron chi connectivity index (χ2n) is 6.21. The zero-order valence-corrected chi connectivity index (χ0v) is 17.0. The second kappa shape index (κ2) is 8.50. The number of nitrogens with zero attached hydrogens (tertiary/aromatic N) is 2. The highest BCUT2D eigenvalue weighted by Crippen LogP contribution is 2.32. The number of benzene rings is 2. The third kappa shape index (κ3) is 4.21. The number of thiazole rings is 2. The van der Waals surface area contributed by atoms with E-state index >= 15 is 0 Å². The first-order valence-corrected chi connectivity index (χ1v) is 10.8. The van der Waals surface area contributed by atoms with E-state index in [0.29, 0.717) is 23.1 Å². The van der Waals surface area contributed by atoms with E-state index in [1.165, 1.54) is 11.3 Å². The Morgan fingerprint density at radius 3 is 2.89 bits per heavy atom. The van der Waals surface area contributed by atoms with E-state index in [9.17, 15) is 4.79 Å². The molecule has 2 aromatic heterocycles. The Kier molecular flexibility index (Phi) is 5.64. The maximum atomic E-state index is 12.6. The van der Waals surface area contributed by atoms with Crippen molar-refractivity contribution in [1.82, 2.24) is 9.97 Å². The molecule has 28 heavy (non-hydrogen) atoms. The molecular formula is C21H19N3O2S2. The normalized spacial score (nSPS) is 10.9. The fourth-order valence-corrected chi connectivity index (χ4v) is 4.33. The number of aromatic nitrogens is 2.